The molecular formula is C20H20N2O4. The van der Waals surface area contributed by atoms with E-state index in [0.717, 1.165) is 53.9 Å². The number of rotatable bonds is 5. The third-order valence-corrected chi connectivity index (χ3v) is 4.72. The first-order valence-corrected chi connectivity index (χ1v) is 8.80. The predicted octanol–water partition coefficient (Wildman–Crippen LogP) is 3.28. The number of fused-ring (bicyclic) bond motifs is 1. The number of nitrogens with one attached hydrogen (secondary N) is 1. The van der Waals surface area contributed by atoms with Crippen LogP contribution >= 0.6 is 0 Å². The van der Waals surface area contributed by atoms with Crippen LogP contribution in [0, 0.1) is 0 Å². The first kappa shape index (κ1) is 16.6. The lowest BCUT2D eigenvalue weighted by molar-refractivity contribution is 0.0906. The number of amides is 1. The third-order valence-electron chi connectivity index (χ3n) is 4.72. The van der Waals surface area contributed by atoms with Crippen molar-refractivity contribution in [3.63, 3.8) is 0 Å². The molecule has 2 N–H and O–H groups in total. The van der Waals surface area contributed by atoms with E-state index in [1.54, 1.807) is 6.26 Å². The van der Waals surface area contributed by atoms with Crippen molar-refractivity contribution in [2.75, 3.05) is 6.54 Å². The molecule has 26 heavy (non-hydrogen) atoms. The maximum atomic E-state index is 12.4. The van der Waals surface area contributed by atoms with Gasteiger partial charge in [-0.15, -0.1) is 0 Å². The fourth-order valence-corrected chi connectivity index (χ4v) is 3.27. The summed E-state index contributed by atoms with van der Waals surface area (Å²) in [4.78, 5) is 12.4. The van der Waals surface area contributed by atoms with Crippen LogP contribution in [0.3, 0.4) is 0 Å². The zero-order valence-corrected chi connectivity index (χ0v) is 14.3. The largest absolute Gasteiger partial charge is 0.464 e. The molecule has 3 aromatic rings. The third kappa shape index (κ3) is 3.28. The molecule has 0 aliphatic heterocycles. The van der Waals surface area contributed by atoms with Gasteiger partial charge in [0.05, 0.1) is 12.4 Å². The second kappa shape index (κ2) is 7.17. The van der Waals surface area contributed by atoms with Gasteiger partial charge >= 0.3 is 0 Å². The highest BCUT2D eigenvalue weighted by Gasteiger charge is 2.24. The molecule has 6 nitrogen and oxygen atoms in total. The van der Waals surface area contributed by atoms with E-state index in [2.05, 4.69) is 10.5 Å². The summed E-state index contributed by atoms with van der Waals surface area (Å²) in [5, 5.41) is 17.0. The van der Waals surface area contributed by atoms with Gasteiger partial charge in [-0.25, -0.2) is 0 Å². The van der Waals surface area contributed by atoms with Crippen molar-refractivity contribution >= 4 is 5.91 Å². The summed E-state index contributed by atoms with van der Waals surface area (Å²) in [5.74, 6) is 1.29. The molecule has 1 amide bonds. The second-order valence-corrected chi connectivity index (χ2v) is 6.47. The van der Waals surface area contributed by atoms with Crippen LogP contribution in [0.5, 0.6) is 0 Å². The predicted molar refractivity (Wildman–Crippen MR) is 94.6 cm³/mol. The molecule has 1 aromatic carbocycles. The zero-order chi connectivity index (χ0) is 17.9. The van der Waals surface area contributed by atoms with E-state index < -0.39 is 6.10 Å². The second-order valence-electron chi connectivity index (χ2n) is 6.47. The number of furan rings is 1. The van der Waals surface area contributed by atoms with Gasteiger partial charge in [-0.05, 0) is 37.0 Å². The van der Waals surface area contributed by atoms with Crippen molar-refractivity contribution in [1.82, 2.24) is 10.5 Å². The minimum Gasteiger partial charge on any atom is -0.464 e. The molecule has 134 valence electrons. The minimum absolute atomic E-state index is 0.112. The molecule has 0 bridgehead atoms. The lowest BCUT2D eigenvalue weighted by Crippen LogP contribution is -2.29. The van der Waals surface area contributed by atoms with Crippen molar-refractivity contribution in [2.24, 2.45) is 0 Å². The molecule has 2 aromatic heterocycles. The molecule has 2 heterocycles. The van der Waals surface area contributed by atoms with E-state index in [4.69, 9.17) is 8.94 Å². The number of aliphatic hydroxyl groups excluding tert-OH is 1. The van der Waals surface area contributed by atoms with Gasteiger partial charge in [0.25, 0.3) is 5.91 Å². The van der Waals surface area contributed by atoms with E-state index in [-0.39, 0.29) is 12.5 Å². The van der Waals surface area contributed by atoms with Crippen molar-refractivity contribution in [3.8, 4) is 11.3 Å². The van der Waals surface area contributed by atoms with E-state index in [1.807, 2.05) is 36.4 Å². The Balaban J connectivity index is 1.38. The van der Waals surface area contributed by atoms with Crippen LogP contribution in [0.15, 0.2) is 51.6 Å². The van der Waals surface area contributed by atoms with E-state index in [9.17, 15) is 9.90 Å². The molecule has 1 aliphatic carbocycles. The summed E-state index contributed by atoms with van der Waals surface area (Å²) >= 11 is 0. The van der Waals surface area contributed by atoms with Gasteiger partial charge in [0, 0.05) is 24.1 Å². The van der Waals surface area contributed by atoms with Crippen molar-refractivity contribution in [2.45, 2.75) is 31.8 Å². The fraction of sp³-hybridized carbons (Fsp3) is 0.300. The number of carbonyl (C=O) groups is 1. The molecule has 0 spiro atoms. The van der Waals surface area contributed by atoms with Gasteiger partial charge in [0.2, 0.25) is 0 Å². The monoisotopic (exact) mass is 352 g/mol. The number of carbonyl (C=O) groups excluding carboxylic acids is 1. The molecule has 1 atom stereocenters. The molecule has 4 rings (SSSR count). The number of aryl methyl sites for hydroxylation is 1. The highest BCUT2D eigenvalue weighted by atomic mass is 16.5. The Hall–Kier alpha value is -2.86. The number of aromatic nitrogens is 1. The highest BCUT2D eigenvalue weighted by molar-refractivity contribution is 5.93. The molecule has 0 saturated carbocycles. The fourth-order valence-electron chi connectivity index (χ4n) is 3.27. The maximum Gasteiger partial charge on any atom is 0.273 e. The van der Waals surface area contributed by atoms with Crippen LogP contribution in [0.4, 0.5) is 0 Å². The topological polar surface area (TPSA) is 88.5 Å². The van der Waals surface area contributed by atoms with Crippen LogP contribution in [0.1, 0.15) is 46.3 Å². The van der Waals surface area contributed by atoms with Gasteiger partial charge in [-0.1, -0.05) is 29.4 Å². The van der Waals surface area contributed by atoms with Gasteiger partial charge in [0.15, 0.2) is 5.69 Å². The van der Waals surface area contributed by atoms with Crippen LogP contribution in [-0.4, -0.2) is 22.7 Å². The van der Waals surface area contributed by atoms with Crippen molar-refractivity contribution < 1.29 is 18.8 Å². The lowest BCUT2D eigenvalue weighted by Gasteiger charge is -2.13. The van der Waals surface area contributed by atoms with E-state index in [0.29, 0.717) is 5.69 Å². The summed E-state index contributed by atoms with van der Waals surface area (Å²) in [6.45, 7) is 0.112. The number of hydrogen-bond donors (Lipinski definition) is 2. The van der Waals surface area contributed by atoms with Gasteiger partial charge < -0.3 is 19.4 Å². The lowest BCUT2D eigenvalue weighted by atomic mass is 9.96. The zero-order valence-electron chi connectivity index (χ0n) is 14.3. The van der Waals surface area contributed by atoms with Crippen molar-refractivity contribution in [3.05, 3.63) is 65.2 Å². The van der Waals surface area contributed by atoms with Crippen molar-refractivity contribution in [1.29, 1.82) is 0 Å². The summed E-state index contributed by atoms with van der Waals surface area (Å²) in [6.07, 6.45) is 4.58. The van der Waals surface area contributed by atoms with Crippen LogP contribution in [-0.2, 0) is 12.8 Å². The first-order chi connectivity index (χ1) is 12.7. The van der Waals surface area contributed by atoms with Crippen LogP contribution in [0.2, 0.25) is 0 Å². The highest BCUT2D eigenvalue weighted by Crippen LogP contribution is 2.25. The molecule has 0 unspecified atom stereocenters. The molecular weight excluding hydrogens is 332 g/mol. The molecule has 1 aliphatic rings. The van der Waals surface area contributed by atoms with Crippen LogP contribution < -0.4 is 5.32 Å². The Morgan fingerprint density at radius 2 is 2.00 bits per heavy atom. The Morgan fingerprint density at radius 1 is 1.19 bits per heavy atom. The van der Waals surface area contributed by atoms with Gasteiger partial charge in [-0.2, -0.15) is 0 Å². The van der Waals surface area contributed by atoms with Crippen LogP contribution in [0.25, 0.3) is 11.3 Å². The first-order valence-electron chi connectivity index (χ1n) is 8.80. The molecule has 0 fully saturated rings. The van der Waals surface area contributed by atoms with E-state index in [1.165, 1.54) is 0 Å². The minimum atomic E-state index is -0.799. The summed E-state index contributed by atoms with van der Waals surface area (Å²) in [6, 6.07) is 11.1. The number of nitrogens with zero attached hydrogens (tertiary/aromatic N) is 1. The van der Waals surface area contributed by atoms with E-state index >= 15 is 0 Å². The quantitative estimate of drug-likeness (QED) is 0.736. The SMILES string of the molecule is O=C(NC[C@@H](O)c1ccc(-c2ccco2)cc1)c1noc2c1CCCC2. The Bertz CT molecular complexity index is 881. The molecule has 0 saturated heterocycles. The number of hydrogen-bond acceptors (Lipinski definition) is 5. The average molecular weight is 352 g/mol. The molecule has 0 radical (unpaired) electrons. The summed E-state index contributed by atoms with van der Waals surface area (Å²) in [7, 11) is 0. The Morgan fingerprint density at radius 3 is 2.77 bits per heavy atom. The smallest absolute Gasteiger partial charge is 0.273 e. The maximum absolute atomic E-state index is 12.4. The Kier molecular flexibility index (Phi) is 4.58. The Labute approximate surface area is 150 Å². The number of aliphatic hydroxyl groups is 1. The number of benzene rings is 1. The average Bonchev–Trinajstić information content (AvgIpc) is 3.36. The van der Waals surface area contributed by atoms with Gasteiger partial charge in [0.1, 0.15) is 11.5 Å². The molecule has 6 heteroatoms. The summed E-state index contributed by atoms with van der Waals surface area (Å²) < 4.78 is 10.6. The summed E-state index contributed by atoms with van der Waals surface area (Å²) in [5.41, 5.74) is 2.91. The standard InChI is InChI=1S/C20H20N2O4/c23-16(13-7-9-14(10-8-13)17-6-3-11-25-17)12-21-20(24)19-15-4-1-2-5-18(15)26-22-19/h3,6-11,16,23H,1-2,4-5,12H2,(H,21,24)/t16-/m1/s1. The van der Waals surface area contributed by atoms with Gasteiger partial charge in [-0.3, -0.25) is 4.79 Å². The normalized spacial score (nSPS) is 14.7.